The Balaban J connectivity index is 0.991. The smallest absolute Gasteiger partial charge is 0.282 e. The Morgan fingerprint density at radius 2 is 1.76 bits per heavy atom. The molecule has 14 nitrogen and oxygen atoms in total. The molecule has 4 aliphatic rings. The highest BCUT2D eigenvalue weighted by molar-refractivity contribution is 7.86. The van der Waals surface area contributed by atoms with Gasteiger partial charge in [0.25, 0.3) is 27.9 Å². The van der Waals surface area contributed by atoms with E-state index in [9.17, 15) is 22.4 Å². The monoisotopic (exact) mass is 767 g/mol. The molecule has 0 saturated carbocycles. The number of benzene rings is 1. The van der Waals surface area contributed by atoms with E-state index in [0.717, 1.165) is 77.3 Å². The van der Waals surface area contributed by atoms with E-state index < -0.39 is 21.9 Å². The molecule has 1 spiro atoms. The van der Waals surface area contributed by atoms with Gasteiger partial charge < -0.3 is 19.4 Å². The minimum absolute atomic E-state index is 0.0782. The van der Waals surface area contributed by atoms with Gasteiger partial charge in [-0.05, 0) is 110 Å². The van der Waals surface area contributed by atoms with Gasteiger partial charge in [0.15, 0.2) is 5.82 Å². The highest BCUT2D eigenvalue weighted by Crippen LogP contribution is 2.45. The maximum absolute atomic E-state index is 14.4. The standard InChI is InChI=1S/C38H54FN9O5S/c1-6-34(49)40-21-30-8-7-15-47(23-30)54(51,52)46-16-11-29(12-17-46)22-44-18-13-38(14-19-44)24-45(25-38)35-36(43-42-26-41-35)53-33-10-9-31(39)20-32(33)37(50)48(27(2)3)28(4)5/h6,9-10,20-21,26-30H,1,7-8,11-19,22-25H2,2-5H3. The third kappa shape index (κ3) is 8.98. The number of piperidine rings is 3. The topological polar surface area (TPSA) is 145 Å². The molecular weight excluding hydrogens is 714 g/mol. The van der Waals surface area contributed by atoms with Gasteiger partial charge in [-0.2, -0.15) is 17.0 Å². The van der Waals surface area contributed by atoms with Gasteiger partial charge in [-0.3, -0.25) is 9.59 Å². The quantitative estimate of drug-likeness (QED) is 0.225. The van der Waals surface area contributed by atoms with E-state index in [-0.39, 0.29) is 46.5 Å². The lowest BCUT2D eigenvalue weighted by atomic mass is 9.72. The molecule has 294 valence electrons. The fraction of sp³-hybridized carbons (Fsp3) is 0.632. The zero-order chi connectivity index (χ0) is 38.6. The molecule has 1 aromatic carbocycles. The van der Waals surface area contributed by atoms with E-state index in [1.54, 1.807) is 19.7 Å². The fourth-order valence-electron chi connectivity index (χ4n) is 8.44. The van der Waals surface area contributed by atoms with Crippen molar-refractivity contribution >= 4 is 34.1 Å². The highest BCUT2D eigenvalue weighted by atomic mass is 32.2. The number of hydrogen-bond donors (Lipinski definition) is 0. The second kappa shape index (κ2) is 16.9. The number of carbonyl (C=O) groups excluding carboxylic acids is 2. The molecule has 0 aliphatic carbocycles. The molecule has 4 aliphatic heterocycles. The number of nitrogens with zero attached hydrogens (tertiary/aromatic N) is 9. The van der Waals surface area contributed by atoms with Gasteiger partial charge in [0, 0.05) is 75.4 Å². The number of aliphatic imine (C=N–C) groups is 1. The first-order chi connectivity index (χ1) is 25.8. The third-order valence-corrected chi connectivity index (χ3v) is 13.3. The molecule has 1 aromatic heterocycles. The first-order valence-electron chi connectivity index (χ1n) is 19.2. The average molecular weight is 768 g/mol. The summed E-state index contributed by atoms with van der Waals surface area (Å²) in [5.41, 5.74) is 0.271. The number of hydrogen-bond acceptors (Lipinski definition) is 10. The number of ether oxygens (including phenoxy) is 1. The summed E-state index contributed by atoms with van der Waals surface area (Å²) in [6.45, 7) is 17.5. The van der Waals surface area contributed by atoms with Gasteiger partial charge in [-0.25, -0.2) is 14.4 Å². The SMILES string of the molecule is C=CC(=O)N=CC1CCCN(S(=O)(=O)N2CCC(CN3CCC4(CC3)CN(c3ncnnc3Oc3ccc(F)cc3C(=O)N(C(C)C)C(C)C)C4)CC2)C1. The van der Waals surface area contributed by atoms with Crippen LogP contribution in [0.25, 0.3) is 0 Å². The molecule has 0 N–H and O–H groups in total. The van der Waals surface area contributed by atoms with Crippen LogP contribution in [0.5, 0.6) is 11.6 Å². The van der Waals surface area contributed by atoms with Gasteiger partial charge in [0.1, 0.15) is 17.9 Å². The summed E-state index contributed by atoms with van der Waals surface area (Å²) >= 11 is 0. The average Bonchev–Trinajstić information content (AvgIpc) is 3.14. The van der Waals surface area contributed by atoms with Gasteiger partial charge in [0.05, 0.1) is 5.56 Å². The normalized spacial score (nSPS) is 21.8. The maximum atomic E-state index is 14.4. The van der Waals surface area contributed by atoms with Crippen molar-refractivity contribution in [2.24, 2.45) is 22.2 Å². The highest BCUT2D eigenvalue weighted by Gasteiger charge is 2.47. The van der Waals surface area contributed by atoms with Gasteiger partial charge in [-0.15, -0.1) is 10.2 Å². The molecule has 54 heavy (non-hydrogen) atoms. The molecule has 0 radical (unpaired) electrons. The Kier molecular flexibility index (Phi) is 12.4. The van der Waals surface area contributed by atoms with Crippen molar-refractivity contribution in [3.63, 3.8) is 0 Å². The molecule has 4 saturated heterocycles. The lowest BCUT2D eigenvalue weighted by Gasteiger charge is -2.54. The van der Waals surface area contributed by atoms with E-state index in [0.29, 0.717) is 37.9 Å². The lowest BCUT2D eigenvalue weighted by Crippen LogP contribution is -2.61. The first-order valence-corrected chi connectivity index (χ1v) is 20.6. The van der Waals surface area contributed by atoms with Crippen molar-refractivity contribution in [2.75, 3.05) is 63.8 Å². The molecule has 5 heterocycles. The summed E-state index contributed by atoms with van der Waals surface area (Å²) in [5, 5.41) is 8.17. The molecule has 6 rings (SSSR count). The molecule has 1 atom stereocenters. The Hall–Kier alpha value is -3.86. The van der Waals surface area contributed by atoms with Crippen LogP contribution in [0, 0.1) is 23.1 Å². The van der Waals surface area contributed by atoms with Crippen LogP contribution in [-0.2, 0) is 15.0 Å². The van der Waals surface area contributed by atoms with Gasteiger partial charge >= 0.3 is 0 Å². The van der Waals surface area contributed by atoms with Crippen LogP contribution in [0.1, 0.15) is 76.6 Å². The van der Waals surface area contributed by atoms with Crippen LogP contribution >= 0.6 is 0 Å². The minimum Gasteiger partial charge on any atom is -0.434 e. The second-order valence-electron chi connectivity index (χ2n) is 15.8. The number of anilines is 1. The van der Waals surface area contributed by atoms with Crippen LogP contribution in [0.3, 0.4) is 0 Å². The molecular formula is C38H54FN9O5S. The van der Waals surface area contributed by atoms with E-state index >= 15 is 0 Å². The zero-order valence-electron chi connectivity index (χ0n) is 31.9. The van der Waals surface area contributed by atoms with E-state index in [1.165, 1.54) is 24.5 Å². The van der Waals surface area contributed by atoms with Gasteiger partial charge in [-0.1, -0.05) is 6.58 Å². The summed E-state index contributed by atoms with van der Waals surface area (Å²) in [5.74, 6) is 0.0189. The summed E-state index contributed by atoms with van der Waals surface area (Å²) in [7, 11) is -3.57. The van der Waals surface area contributed by atoms with Crippen molar-refractivity contribution in [3.05, 3.63) is 48.6 Å². The molecule has 4 fully saturated rings. The number of carbonyl (C=O) groups is 2. The fourth-order valence-corrected chi connectivity index (χ4v) is 10.2. The molecule has 1 unspecified atom stereocenters. The number of aromatic nitrogens is 3. The van der Waals surface area contributed by atoms with Crippen LogP contribution < -0.4 is 9.64 Å². The predicted molar refractivity (Wildman–Crippen MR) is 204 cm³/mol. The molecule has 2 aromatic rings. The zero-order valence-corrected chi connectivity index (χ0v) is 32.8. The van der Waals surface area contributed by atoms with Crippen molar-refractivity contribution in [2.45, 2.75) is 78.3 Å². The Bertz CT molecular complexity index is 1790. The summed E-state index contributed by atoms with van der Waals surface area (Å²) in [6.07, 6.45) is 9.41. The van der Waals surface area contributed by atoms with Crippen molar-refractivity contribution in [1.82, 2.24) is 33.6 Å². The number of likely N-dealkylation sites (tertiary alicyclic amines) is 1. The number of amides is 2. The van der Waals surface area contributed by atoms with Crippen molar-refractivity contribution in [1.29, 1.82) is 0 Å². The van der Waals surface area contributed by atoms with Crippen molar-refractivity contribution in [3.8, 4) is 11.6 Å². The Morgan fingerprint density at radius 1 is 1.06 bits per heavy atom. The maximum Gasteiger partial charge on any atom is 0.282 e. The minimum atomic E-state index is -3.57. The van der Waals surface area contributed by atoms with Crippen LogP contribution in [-0.4, -0.2) is 131 Å². The van der Waals surface area contributed by atoms with E-state index in [1.807, 2.05) is 27.7 Å². The van der Waals surface area contributed by atoms with E-state index in [4.69, 9.17) is 4.74 Å². The number of halogens is 1. The van der Waals surface area contributed by atoms with Crippen molar-refractivity contribution < 1.29 is 27.1 Å². The summed E-state index contributed by atoms with van der Waals surface area (Å²) in [4.78, 5) is 39.8. The summed E-state index contributed by atoms with van der Waals surface area (Å²) in [6, 6.07) is 3.74. The third-order valence-electron chi connectivity index (χ3n) is 11.3. The summed E-state index contributed by atoms with van der Waals surface area (Å²) < 4.78 is 50.8. The van der Waals surface area contributed by atoms with Gasteiger partial charge in [0.2, 0.25) is 0 Å². The largest absolute Gasteiger partial charge is 0.434 e. The number of rotatable bonds is 12. The lowest BCUT2D eigenvalue weighted by molar-refractivity contribution is -0.113. The van der Waals surface area contributed by atoms with Crippen LogP contribution in [0.15, 0.2) is 42.2 Å². The molecule has 0 bridgehead atoms. The second-order valence-corrected chi connectivity index (χ2v) is 17.7. The predicted octanol–water partition coefficient (Wildman–Crippen LogP) is 4.42. The van der Waals surface area contributed by atoms with Crippen LogP contribution in [0.2, 0.25) is 0 Å². The molecule has 2 amide bonds. The van der Waals surface area contributed by atoms with E-state index in [2.05, 4.69) is 36.6 Å². The molecule has 16 heteroatoms. The Labute approximate surface area is 318 Å². The van der Waals surface area contributed by atoms with Crippen LogP contribution in [0.4, 0.5) is 10.2 Å². The first kappa shape index (κ1) is 39.8. The Morgan fingerprint density at radius 3 is 2.43 bits per heavy atom.